The summed E-state index contributed by atoms with van der Waals surface area (Å²) in [4.78, 5) is 31.8. The molecule has 164 valence electrons. The lowest BCUT2D eigenvalue weighted by atomic mass is 10.0. The highest BCUT2D eigenvalue weighted by atomic mass is 19.1. The molecule has 0 aromatic heterocycles. The fourth-order valence-electron chi connectivity index (χ4n) is 4.91. The van der Waals surface area contributed by atoms with E-state index in [2.05, 4.69) is 22.2 Å². The van der Waals surface area contributed by atoms with Crippen LogP contribution in [0.5, 0.6) is 0 Å². The first-order chi connectivity index (χ1) is 14.5. The average Bonchev–Trinajstić information content (AvgIpc) is 3.13. The molecule has 0 saturated carbocycles. The number of ether oxygens (including phenoxy) is 1. The minimum atomic E-state index is -0.251. The molecule has 3 saturated heterocycles. The van der Waals surface area contributed by atoms with Crippen LogP contribution >= 0.6 is 0 Å². The summed E-state index contributed by atoms with van der Waals surface area (Å²) >= 11 is 0. The molecule has 3 unspecified atom stereocenters. The predicted molar refractivity (Wildman–Crippen MR) is 110 cm³/mol. The van der Waals surface area contributed by atoms with Crippen molar-refractivity contribution < 1.29 is 18.7 Å². The highest BCUT2D eigenvalue weighted by molar-refractivity contribution is 5.83. The van der Waals surface area contributed by atoms with E-state index < -0.39 is 0 Å². The molecular formula is C22H31FN4O3. The van der Waals surface area contributed by atoms with E-state index in [4.69, 9.17) is 4.74 Å². The summed E-state index contributed by atoms with van der Waals surface area (Å²) < 4.78 is 18.5. The molecule has 3 atom stereocenters. The zero-order chi connectivity index (χ0) is 21.1. The average molecular weight is 419 g/mol. The van der Waals surface area contributed by atoms with E-state index in [-0.39, 0.29) is 35.8 Å². The van der Waals surface area contributed by atoms with Crippen LogP contribution in [0, 0.1) is 5.82 Å². The molecule has 0 aliphatic carbocycles. The molecule has 30 heavy (non-hydrogen) atoms. The fraction of sp³-hybridized carbons (Fsp3) is 0.636. The van der Waals surface area contributed by atoms with Gasteiger partial charge in [0.2, 0.25) is 11.8 Å². The molecule has 0 bridgehead atoms. The number of morpholine rings is 1. The second-order valence-corrected chi connectivity index (χ2v) is 8.49. The molecule has 1 N–H and O–H groups in total. The van der Waals surface area contributed by atoms with E-state index in [9.17, 15) is 14.0 Å². The summed E-state index contributed by atoms with van der Waals surface area (Å²) in [5.74, 6) is -0.0314. The molecule has 3 aliphatic rings. The van der Waals surface area contributed by atoms with Crippen molar-refractivity contribution in [3.8, 4) is 0 Å². The van der Waals surface area contributed by atoms with Gasteiger partial charge in [-0.05, 0) is 37.6 Å². The number of hydrogen-bond donors (Lipinski definition) is 1. The lowest BCUT2D eigenvalue weighted by Gasteiger charge is -2.33. The molecule has 3 aliphatic heterocycles. The third-order valence-electron chi connectivity index (χ3n) is 6.70. The maximum Gasteiger partial charge on any atom is 0.239 e. The van der Waals surface area contributed by atoms with Crippen molar-refractivity contribution in [3.05, 3.63) is 35.6 Å². The SMILES string of the molecule is CN1C(CCC(=O)N2CCOCC2)CNC(=O)C2C1CCN2Cc1ccc(F)cc1. The minimum Gasteiger partial charge on any atom is -0.378 e. The van der Waals surface area contributed by atoms with Crippen molar-refractivity contribution in [2.45, 2.75) is 43.9 Å². The van der Waals surface area contributed by atoms with E-state index in [1.54, 1.807) is 12.1 Å². The van der Waals surface area contributed by atoms with Gasteiger partial charge in [-0.1, -0.05) is 12.1 Å². The van der Waals surface area contributed by atoms with Crippen LogP contribution in [-0.4, -0.2) is 91.1 Å². The Labute approximate surface area is 177 Å². The zero-order valence-corrected chi connectivity index (χ0v) is 17.6. The van der Waals surface area contributed by atoms with Crippen molar-refractivity contribution in [3.63, 3.8) is 0 Å². The summed E-state index contributed by atoms with van der Waals surface area (Å²) in [6, 6.07) is 6.52. The van der Waals surface area contributed by atoms with Gasteiger partial charge in [-0.2, -0.15) is 0 Å². The van der Waals surface area contributed by atoms with Gasteiger partial charge in [0, 0.05) is 51.2 Å². The first-order valence-electron chi connectivity index (χ1n) is 10.9. The van der Waals surface area contributed by atoms with E-state index in [0.29, 0.717) is 45.8 Å². The number of amides is 2. The molecule has 3 heterocycles. The molecular weight excluding hydrogens is 387 g/mol. The Kier molecular flexibility index (Phi) is 6.65. The summed E-state index contributed by atoms with van der Waals surface area (Å²) in [7, 11) is 2.07. The fourth-order valence-corrected chi connectivity index (χ4v) is 4.91. The Morgan fingerprint density at radius 3 is 2.67 bits per heavy atom. The van der Waals surface area contributed by atoms with Gasteiger partial charge < -0.3 is 15.0 Å². The maximum absolute atomic E-state index is 13.2. The quantitative estimate of drug-likeness (QED) is 0.768. The van der Waals surface area contributed by atoms with E-state index in [1.165, 1.54) is 12.1 Å². The van der Waals surface area contributed by atoms with Crippen molar-refractivity contribution >= 4 is 11.8 Å². The first-order valence-corrected chi connectivity index (χ1v) is 10.9. The second-order valence-electron chi connectivity index (χ2n) is 8.49. The van der Waals surface area contributed by atoms with Crippen LogP contribution in [0.15, 0.2) is 24.3 Å². The smallest absolute Gasteiger partial charge is 0.239 e. The van der Waals surface area contributed by atoms with Crippen molar-refractivity contribution in [2.75, 3.05) is 46.4 Å². The summed E-state index contributed by atoms with van der Waals surface area (Å²) in [6.45, 7) is 4.56. The van der Waals surface area contributed by atoms with Crippen LogP contribution in [0.2, 0.25) is 0 Å². The van der Waals surface area contributed by atoms with Gasteiger partial charge in [-0.25, -0.2) is 4.39 Å². The lowest BCUT2D eigenvalue weighted by Crippen LogP contribution is -2.49. The van der Waals surface area contributed by atoms with Crippen LogP contribution in [-0.2, 0) is 20.9 Å². The maximum atomic E-state index is 13.2. The minimum absolute atomic E-state index is 0.0495. The van der Waals surface area contributed by atoms with Crippen LogP contribution < -0.4 is 5.32 Å². The molecule has 4 rings (SSSR count). The Morgan fingerprint density at radius 1 is 1.20 bits per heavy atom. The third kappa shape index (κ3) is 4.66. The topological polar surface area (TPSA) is 65.1 Å². The summed E-state index contributed by atoms with van der Waals surface area (Å²) in [6.07, 6.45) is 2.12. The van der Waals surface area contributed by atoms with Crippen molar-refractivity contribution in [1.82, 2.24) is 20.0 Å². The number of rotatable bonds is 5. The number of carbonyl (C=O) groups is 2. The van der Waals surface area contributed by atoms with Gasteiger partial charge in [0.1, 0.15) is 11.9 Å². The number of carbonyl (C=O) groups excluding carboxylic acids is 2. The number of benzene rings is 1. The Hall–Kier alpha value is -2.03. The molecule has 8 heteroatoms. The molecule has 1 aromatic rings. The number of fused-ring (bicyclic) bond motifs is 1. The first kappa shape index (κ1) is 21.2. The van der Waals surface area contributed by atoms with Gasteiger partial charge in [0.15, 0.2) is 0 Å². The van der Waals surface area contributed by atoms with Crippen molar-refractivity contribution in [1.29, 1.82) is 0 Å². The van der Waals surface area contributed by atoms with E-state index >= 15 is 0 Å². The van der Waals surface area contributed by atoms with Crippen LogP contribution in [0.25, 0.3) is 0 Å². The molecule has 3 fully saturated rings. The van der Waals surface area contributed by atoms with Gasteiger partial charge in [-0.15, -0.1) is 0 Å². The molecule has 1 aromatic carbocycles. The highest BCUT2D eigenvalue weighted by Crippen LogP contribution is 2.28. The normalized spacial score (nSPS) is 28.1. The number of likely N-dealkylation sites (N-methyl/N-ethyl adjacent to an activating group) is 1. The van der Waals surface area contributed by atoms with Gasteiger partial charge in [0.25, 0.3) is 0 Å². The standard InChI is InChI=1S/C22H31FN4O3/c1-25-18(6-7-20(28)26-10-12-30-13-11-26)14-24-22(29)21-19(25)8-9-27(21)15-16-2-4-17(23)5-3-16/h2-5,18-19,21H,6-15H2,1H3,(H,24,29). The van der Waals surface area contributed by atoms with Crippen molar-refractivity contribution in [2.24, 2.45) is 0 Å². The Morgan fingerprint density at radius 2 is 1.93 bits per heavy atom. The molecule has 0 spiro atoms. The van der Waals surface area contributed by atoms with E-state index in [1.807, 2.05) is 4.90 Å². The lowest BCUT2D eigenvalue weighted by molar-refractivity contribution is -0.135. The summed E-state index contributed by atoms with van der Waals surface area (Å²) in [5.41, 5.74) is 1.00. The van der Waals surface area contributed by atoms with Gasteiger partial charge in [-0.3, -0.25) is 19.4 Å². The monoisotopic (exact) mass is 418 g/mol. The van der Waals surface area contributed by atoms with Crippen LogP contribution in [0.4, 0.5) is 4.39 Å². The number of nitrogens with zero attached hydrogens (tertiary/aromatic N) is 3. The van der Waals surface area contributed by atoms with E-state index in [0.717, 1.165) is 24.9 Å². The number of likely N-dealkylation sites (tertiary alicyclic amines) is 1. The Balaban J connectivity index is 1.37. The molecule has 7 nitrogen and oxygen atoms in total. The largest absolute Gasteiger partial charge is 0.378 e. The van der Waals surface area contributed by atoms with Gasteiger partial charge in [0.05, 0.1) is 13.2 Å². The third-order valence-corrected chi connectivity index (χ3v) is 6.70. The number of halogens is 1. The highest BCUT2D eigenvalue weighted by Gasteiger charge is 2.44. The summed E-state index contributed by atoms with van der Waals surface area (Å²) in [5, 5.41) is 3.10. The molecule has 2 amide bonds. The number of hydrogen-bond acceptors (Lipinski definition) is 5. The Bertz CT molecular complexity index is 753. The number of nitrogens with one attached hydrogen (secondary N) is 1. The molecule has 0 radical (unpaired) electrons. The second kappa shape index (κ2) is 9.41. The van der Waals surface area contributed by atoms with Gasteiger partial charge >= 0.3 is 0 Å². The zero-order valence-electron chi connectivity index (χ0n) is 17.6. The van der Waals surface area contributed by atoms with Crippen LogP contribution in [0.1, 0.15) is 24.8 Å². The van der Waals surface area contributed by atoms with Crippen LogP contribution in [0.3, 0.4) is 0 Å². The predicted octanol–water partition coefficient (Wildman–Crippen LogP) is 0.838.